The van der Waals surface area contributed by atoms with Crippen molar-refractivity contribution in [2.45, 2.75) is 25.5 Å². The van der Waals surface area contributed by atoms with Crippen LogP contribution in [-0.2, 0) is 4.75 Å². The van der Waals surface area contributed by atoms with Gasteiger partial charge >= 0.3 is 0 Å². The van der Waals surface area contributed by atoms with Crippen molar-refractivity contribution in [3.8, 4) is 0 Å². The van der Waals surface area contributed by atoms with Crippen molar-refractivity contribution < 1.29 is 0 Å². The molecule has 0 nitrogen and oxygen atoms in total. The Kier molecular flexibility index (Phi) is 3.30. The van der Waals surface area contributed by atoms with Crippen LogP contribution in [0.25, 0.3) is 0 Å². The van der Waals surface area contributed by atoms with Gasteiger partial charge in [0.05, 0.1) is 4.75 Å². The van der Waals surface area contributed by atoms with Crippen molar-refractivity contribution in [2.24, 2.45) is 0 Å². The van der Waals surface area contributed by atoms with Gasteiger partial charge in [-0.2, -0.15) is 12.6 Å². The van der Waals surface area contributed by atoms with E-state index in [1.54, 1.807) is 0 Å². The van der Waals surface area contributed by atoms with E-state index < -0.39 is 0 Å². The van der Waals surface area contributed by atoms with E-state index in [2.05, 4.69) is 69.3 Å². The van der Waals surface area contributed by atoms with Gasteiger partial charge in [0.25, 0.3) is 0 Å². The zero-order valence-electron chi connectivity index (χ0n) is 10.6. The van der Waals surface area contributed by atoms with Crippen LogP contribution < -0.4 is 0 Å². The highest BCUT2D eigenvalue weighted by Crippen LogP contribution is 2.35. The normalized spacial score (nSPS) is 11.5. The summed E-state index contributed by atoms with van der Waals surface area (Å²) in [4.78, 5) is 0. The molecule has 0 N–H and O–H groups in total. The Morgan fingerprint density at radius 2 is 1.00 bits per heavy atom. The smallest absolute Gasteiger partial charge is 0.0598 e. The summed E-state index contributed by atoms with van der Waals surface area (Å²) >= 11 is 4.83. The Morgan fingerprint density at radius 1 is 0.706 bits per heavy atom. The lowest BCUT2D eigenvalue weighted by Crippen LogP contribution is -2.15. The number of benzene rings is 2. The fourth-order valence-electron chi connectivity index (χ4n) is 1.92. The Hall–Kier alpha value is -1.21. The number of rotatable bonds is 2. The van der Waals surface area contributed by atoms with Crippen LogP contribution in [0.2, 0.25) is 0 Å². The van der Waals surface area contributed by atoms with Crippen LogP contribution in [0, 0.1) is 13.8 Å². The zero-order chi connectivity index (χ0) is 12.5. The molecule has 0 bridgehead atoms. The van der Waals surface area contributed by atoms with E-state index >= 15 is 0 Å². The van der Waals surface area contributed by atoms with E-state index in [0.29, 0.717) is 0 Å². The Labute approximate surface area is 109 Å². The van der Waals surface area contributed by atoms with Gasteiger partial charge in [0.2, 0.25) is 0 Å². The fourth-order valence-corrected chi connectivity index (χ4v) is 2.22. The highest BCUT2D eigenvalue weighted by molar-refractivity contribution is 7.81. The second-order valence-corrected chi connectivity index (χ2v) is 5.70. The molecule has 0 saturated heterocycles. The van der Waals surface area contributed by atoms with Crippen LogP contribution in [0.4, 0.5) is 0 Å². The van der Waals surface area contributed by atoms with Crippen LogP contribution in [-0.4, -0.2) is 0 Å². The van der Waals surface area contributed by atoms with Crippen molar-refractivity contribution in [1.29, 1.82) is 0 Å². The van der Waals surface area contributed by atoms with E-state index in [1.165, 1.54) is 22.3 Å². The van der Waals surface area contributed by atoms with Gasteiger partial charge in [0, 0.05) is 0 Å². The quantitative estimate of drug-likeness (QED) is 0.737. The predicted octanol–water partition coefficient (Wildman–Crippen LogP) is 4.50. The van der Waals surface area contributed by atoms with E-state index in [0.717, 1.165) is 0 Å². The summed E-state index contributed by atoms with van der Waals surface area (Å²) in [5.41, 5.74) is 5.02. The SMILES string of the molecule is Cc1ccc(C(C)(S)c2ccc(C)cc2)cc1. The minimum Gasteiger partial charge on any atom is -0.163 e. The Morgan fingerprint density at radius 3 is 1.29 bits per heavy atom. The average Bonchev–Trinajstić information content (AvgIpc) is 2.30. The predicted molar refractivity (Wildman–Crippen MR) is 77.8 cm³/mol. The van der Waals surface area contributed by atoms with E-state index in [-0.39, 0.29) is 4.75 Å². The molecular formula is C16H18S. The zero-order valence-corrected chi connectivity index (χ0v) is 11.5. The second-order valence-electron chi connectivity index (χ2n) is 4.80. The van der Waals surface area contributed by atoms with Crippen molar-refractivity contribution in [3.05, 3.63) is 70.8 Å². The maximum absolute atomic E-state index is 4.83. The van der Waals surface area contributed by atoms with Gasteiger partial charge in [-0.15, -0.1) is 0 Å². The lowest BCUT2D eigenvalue weighted by atomic mass is 9.91. The molecule has 0 atom stereocenters. The van der Waals surface area contributed by atoms with Crippen LogP contribution >= 0.6 is 12.6 Å². The summed E-state index contributed by atoms with van der Waals surface area (Å²) in [6.45, 7) is 6.35. The molecule has 0 unspecified atom stereocenters. The van der Waals surface area contributed by atoms with Gasteiger partial charge in [-0.25, -0.2) is 0 Å². The largest absolute Gasteiger partial charge is 0.163 e. The first-order valence-electron chi connectivity index (χ1n) is 5.87. The molecule has 0 aromatic heterocycles. The molecule has 88 valence electrons. The average molecular weight is 242 g/mol. The fraction of sp³-hybridized carbons (Fsp3) is 0.250. The maximum Gasteiger partial charge on any atom is 0.0598 e. The van der Waals surface area contributed by atoms with E-state index in [9.17, 15) is 0 Å². The summed E-state index contributed by atoms with van der Waals surface area (Å²) in [7, 11) is 0. The van der Waals surface area contributed by atoms with Gasteiger partial charge in [-0.3, -0.25) is 0 Å². The monoisotopic (exact) mass is 242 g/mol. The molecule has 0 aliphatic rings. The molecule has 1 heteroatoms. The van der Waals surface area contributed by atoms with Gasteiger partial charge in [0.1, 0.15) is 0 Å². The summed E-state index contributed by atoms with van der Waals surface area (Å²) in [6, 6.07) is 17.2. The molecule has 0 radical (unpaired) electrons. The molecule has 2 aromatic carbocycles. The molecule has 0 fully saturated rings. The molecular weight excluding hydrogens is 224 g/mol. The molecule has 2 aromatic rings. The Bertz CT molecular complexity index is 445. The highest BCUT2D eigenvalue weighted by Gasteiger charge is 2.23. The van der Waals surface area contributed by atoms with Gasteiger partial charge in [0.15, 0.2) is 0 Å². The molecule has 0 aliphatic carbocycles. The highest BCUT2D eigenvalue weighted by atomic mass is 32.1. The molecule has 2 rings (SSSR count). The minimum absolute atomic E-state index is 0.235. The molecule has 0 amide bonds. The third-order valence-corrected chi connectivity index (χ3v) is 3.74. The number of thiol groups is 1. The minimum atomic E-state index is -0.235. The van der Waals surface area contributed by atoms with Gasteiger partial charge < -0.3 is 0 Å². The van der Waals surface area contributed by atoms with E-state index in [4.69, 9.17) is 12.6 Å². The van der Waals surface area contributed by atoms with Crippen molar-refractivity contribution in [2.75, 3.05) is 0 Å². The van der Waals surface area contributed by atoms with Crippen LogP contribution in [0.3, 0.4) is 0 Å². The first-order valence-corrected chi connectivity index (χ1v) is 6.31. The van der Waals surface area contributed by atoms with Crippen molar-refractivity contribution in [3.63, 3.8) is 0 Å². The molecule has 0 heterocycles. The second kappa shape index (κ2) is 4.58. The van der Waals surface area contributed by atoms with Gasteiger partial charge in [-0.1, -0.05) is 59.7 Å². The van der Waals surface area contributed by atoms with Crippen LogP contribution in [0.1, 0.15) is 29.2 Å². The van der Waals surface area contributed by atoms with Crippen molar-refractivity contribution >= 4 is 12.6 Å². The van der Waals surface area contributed by atoms with Gasteiger partial charge in [-0.05, 0) is 31.9 Å². The summed E-state index contributed by atoms with van der Waals surface area (Å²) < 4.78 is -0.235. The van der Waals surface area contributed by atoms with Crippen LogP contribution in [0.5, 0.6) is 0 Å². The lowest BCUT2D eigenvalue weighted by molar-refractivity contribution is 0.846. The summed E-state index contributed by atoms with van der Waals surface area (Å²) in [5.74, 6) is 0. The molecule has 17 heavy (non-hydrogen) atoms. The maximum atomic E-state index is 4.83. The topological polar surface area (TPSA) is 0 Å². The third kappa shape index (κ3) is 2.55. The summed E-state index contributed by atoms with van der Waals surface area (Å²) in [5, 5.41) is 0. The third-order valence-electron chi connectivity index (χ3n) is 3.23. The first kappa shape index (κ1) is 12.3. The molecule has 0 spiro atoms. The molecule has 0 aliphatic heterocycles. The van der Waals surface area contributed by atoms with E-state index in [1.807, 2.05) is 0 Å². The lowest BCUT2D eigenvalue weighted by Gasteiger charge is -2.25. The van der Waals surface area contributed by atoms with Crippen LogP contribution in [0.15, 0.2) is 48.5 Å². The standard InChI is InChI=1S/C16H18S/c1-12-4-8-14(9-5-12)16(3,17)15-10-6-13(2)7-11-15/h4-11,17H,1-3H3. The first-order chi connectivity index (χ1) is 8.00. The number of hydrogen-bond acceptors (Lipinski definition) is 1. The number of aryl methyl sites for hydroxylation is 2. The van der Waals surface area contributed by atoms with Crippen molar-refractivity contribution in [1.82, 2.24) is 0 Å². The number of hydrogen-bond donors (Lipinski definition) is 1. The Balaban J connectivity index is 2.41. The summed E-state index contributed by atoms with van der Waals surface area (Å²) in [6.07, 6.45) is 0. The molecule has 0 saturated carbocycles.